The first-order valence-corrected chi connectivity index (χ1v) is 3.24. The lowest BCUT2D eigenvalue weighted by Gasteiger charge is -2.26. The summed E-state index contributed by atoms with van der Waals surface area (Å²) in [5.41, 5.74) is 2.39. The van der Waals surface area contributed by atoms with Gasteiger partial charge in [0, 0.05) is 0 Å². The van der Waals surface area contributed by atoms with Gasteiger partial charge in [-0.2, -0.15) is 0 Å². The van der Waals surface area contributed by atoms with Crippen LogP contribution in [0.4, 0.5) is 0 Å². The Morgan fingerprint density at radius 2 is 2.20 bits per heavy atom. The third-order valence-electron chi connectivity index (χ3n) is 1.68. The zero-order chi connectivity index (χ0) is 7.56. The van der Waals surface area contributed by atoms with E-state index in [9.17, 15) is 5.11 Å². The van der Waals surface area contributed by atoms with Crippen molar-refractivity contribution in [2.45, 2.75) is 24.7 Å². The normalized spacial score (nSPS) is 40.1. The fourth-order valence-electron chi connectivity index (χ4n) is 1.01. The minimum Gasteiger partial charge on any atom is -0.390 e. The Morgan fingerprint density at radius 1 is 1.50 bits per heavy atom. The van der Waals surface area contributed by atoms with Crippen LogP contribution in [0.5, 0.6) is 0 Å². The molecule has 0 spiro atoms. The second-order valence-corrected chi connectivity index (χ2v) is 2.41. The Morgan fingerprint density at radius 3 is 2.70 bits per heavy atom. The zero-order valence-electron chi connectivity index (χ0n) is 5.57. The predicted molar refractivity (Wildman–Crippen MR) is 36.9 cm³/mol. The Bertz CT molecular complexity index is 138. The van der Waals surface area contributed by atoms with E-state index in [4.69, 9.17) is 10.9 Å². The lowest BCUT2D eigenvalue weighted by atomic mass is 9.97. The van der Waals surface area contributed by atoms with Crippen LogP contribution in [-0.2, 0) is 0 Å². The summed E-state index contributed by atoms with van der Waals surface area (Å²) < 4.78 is 0. The molecule has 4 heteroatoms. The first-order chi connectivity index (χ1) is 4.75. The molecule has 0 bridgehead atoms. The van der Waals surface area contributed by atoms with E-state index in [-0.39, 0.29) is 6.04 Å². The van der Waals surface area contributed by atoms with Crippen LogP contribution in [0.3, 0.4) is 0 Å². The highest BCUT2D eigenvalue weighted by Gasteiger charge is 2.25. The van der Waals surface area contributed by atoms with Gasteiger partial charge in [0.15, 0.2) is 0 Å². The maximum Gasteiger partial charge on any atom is 0.100 e. The minimum absolute atomic E-state index is 0.316. The van der Waals surface area contributed by atoms with E-state index in [1.54, 1.807) is 12.2 Å². The third kappa shape index (κ3) is 1.35. The van der Waals surface area contributed by atoms with E-state index >= 15 is 0 Å². The highest BCUT2D eigenvalue weighted by molar-refractivity contribution is 5.04. The summed E-state index contributed by atoms with van der Waals surface area (Å²) in [6, 6.07) is -0.316. The van der Waals surface area contributed by atoms with Crippen molar-refractivity contribution in [3.8, 4) is 0 Å². The molecule has 4 nitrogen and oxygen atoms in total. The number of hydrazine groups is 1. The third-order valence-corrected chi connectivity index (χ3v) is 1.68. The van der Waals surface area contributed by atoms with E-state index in [2.05, 4.69) is 5.43 Å². The molecule has 58 valence electrons. The van der Waals surface area contributed by atoms with Gasteiger partial charge in [0.25, 0.3) is 0 Å². The van der Waals surface area contributed by atoms with Crippen molar-refractivity contribution >= 4 is 0 Å². The van der Waals surface area contributed by atoms with Gasteiger partial charge in [-0.1, -0.05) is 12.2 Å². The number of aliphatic hydroxyl groups is 2. The van der Waals surface area contributed by atoms with Gasteiger partial charge in [-0.25, -0.2) is 0 Å². The lowest BCUT2D eigenvalue weighted by Crippen LogP contribution is -2.49. The molecule has 0 amide bonds. The summed E-state index contributed by atoms with van der Waals surface area (Å²) in [6.45, 7) is 0. The van der Waals surface area contributed by atoms with Gasteiger partial charge >= 0.3 is 0 Å². The molecule has 10 heavy (non-hydrogen) atoms. The van der Waals surface area contributed by atoms with E-state index in [0.29, 0.717) is 6.42 Å². The molecule has 5 N–H and O–H groups in total. The zero-order valence-corrected chi connectivity index (χ0v) is 5.57. The van der Waals surface area contributed by atoms with Crippen LogP contribution >= 0.6 is 0 Å². The average molecular weight is 144 g/mol. The summed E-state index contributed by atoms with van der Waals surface area (Å²) in [5.74, 6) is 5.08. The van der Waals surface area contributed by atoms with E-state index < -0.39 is 12.2 Å². The van der Waals surface area contributed by atoms with Crippen molar-refractivity contribution in [2.24, 2.45) is 5.84 Å². The Kier molecular flexibility index (Phi) is 2.39. The fourth-order valence-corrected chi connectivity index (χ4v) is 1.01. The SMILES string of the molecule is NNC1C=CCC(O)C1O. The van der Waals surface area contributed by atoms with Crippen LogP contribution in [0.2, 0.25) is 0 Å². The van der Waals surface area contributed by atoms with Crippen molar-refractivity contribution in [1.82, 2.24) is 5.43 Å². The van der Waals surface area contributed by atoms with Gasteiger partial charge < -0.3 is 10.2 Å². The first kappa shape index (κ1) is 7.68. The van der Waals surface area contributed by atoms with Crippen LogP contribution in [0, 0.1) is 0 Å². The number of aliphatic hydroxyl groups excluding tert-OH is 2. The Labute approximate surface area is 59.3 Å². The summed E-state index contributed by atoms with van der Waals surface area (Å²) in [4.78, 5) is 0. The first-order valence-electron chi connectivity index (χ1n) is 3.24. The van der Waals surface area contributed by atoms with Crippen LogP contribution < -0.4 is 11.3 Å². The average Bonchev–Trinajstić information content (AvgIpc) is 1.95. The molecule has 1 rings (SSSR count). The van der Waals surface area contributed by atoms with Crippen molar-refractivity contribution in [3.05, 3.63) is 12.2 Å². The minimum atomic E-state index is -0.782. The standard InChI is InChI=1S/C6H12N2O2/c7-8-4-2-1-3-5(9)6(4)10/h1-2,4-6,8-10H,3,7H2. The lowest BCUT2D eigenvalue weighted by molar-refractivity contribution is 0.00258. The van der Waals surface area contributed by atoms with E-state index in [0.717, 1.165) is 0 Å². The molecule has 0 heterocycles. The largest absolute Gasteiger partial charge is 0.390 e. The molecule has 0 saturated heterocycles. The van der Waals surface area contributed by atoms with Gasteiger partial charge in [-0.3, -0.25) is 11.3 Å². The molecule has 3 atom stereocenters. The molecule has 0 aromatic heterocycles. The number of rotatable bonds is 1. The molecule has 0 fully saturated rings. The molecule has 0 aliphatic heterocycles. The van der Waals surface area contributed by atoms with Gasteiger partial charge in [-0.05, 0) is 6.42 Å². The maximum atomic E-state index is 9.19. The predicted octanol–water partition coefficient (Wildman–Crippen LogP) is -1.50. The van der Waals surface area contributed by atoms with Gasteiger partial charge in [-0.15, -0.1) is 0 Å². The van der Waals surface area contributed by atoms with E-state index in [1.807, 2.05) is 0 Å². The van der Waals surface area contributed by atoms with Crippen LogP contribution in [0.25, 0.3) is 0 Å². The Hall–Kier alpha value is -0.420. The molecule has 0 aromatic carbocycles. The molecular formula is C6H12N2O2. The highest BCUT2D eigenvalue weighted by Crippen LogP contribution is 2.11. The monoisotopic (exact) mass is 144 g/mol. The summed E-state index contributed by atoms with van der Waals surface area (Å²) in [5, 5.41) is 18.3. The Balaban J connectivity index is 2.57. The van der Waals surface area contributed by atoms with Crippen LogP contribution in [0.1, 0.15) is 6.42 Å². The molecule has 1 aliphatic carbocycles. The van der Waals surface area contributed by atoms with Crippen molar-refractivity contribution in [1.29, 1.82) is 0 Å². The van der Waals surface area contributed by atoms with Crippen molar-refractivity contribution < 1.29 is 10.2 Å². The highest BCUT2D eigenvalue weighted by atomic mass is 16.3. The molecule has 0 saturated carbocycles. The number of nitrogens with two attached hydrogens (primary N) is 1. The van der Waals surface area contributed by atoms with Gasteiger partial charge in [0.2, 0.25) is 0 Å². The maximum absolute atomic E-state index is 9.19. The second kappa shape index (κ2) is 3.12. The fraction of sp³-hybridized carbons (Fsp3) is 0.667. The summed E-state index contributed by atoms with van der Waals surface area (Å²) in [6.07, 6.45) is 2.57. The molecular weight excluding hydrogens is 132 g/mol. The molecule has 0 radical (unpaired) electrons. The number of nitrogens with one attached hydrogen (secondary N) is 1. The second-order valence-electron chi connectivity index (χ2n) is 2.41. The van der Waals surface area contributed by atoms with Crippen molar-refractivity contribution in [3.63, 3.8) is 0 Å². The van der Waals surface area contributed by atoms with Gasteiger partial charge in [0.1, 0.15) is 6.10 Å². The van der Waals surface area contributed by atoms with Crippen LogP contribution in [-0.4, -0.2) is 28.5 Å². The van der Waals surface area contributed by atoms with Crippen molar-refractivity contribution in [2.75, 3.05) is 0 Å². The quantitative estimate of drug-likeness (QED) is 0.205. The number of hydrogen-bond donors (Lipinski definition) is 4. The van der Waals surface area contributed by atoms with E-state index in [1.165, 1.54) is 0 Å². The smallest absolute Gasteiger partial charge is 0.100 e. The topological polar surface area (TPSA) is 78.5 Å². The molecule has 0 aromatic rings. The summed E-state index contributed by atoms with van der Waals surface area (Å²) in [7, 11) is 0. The summed E-state index contributed by atoms with van der Waals surface area (Å²) >= 11 is 0. The molecule has 3 unspecified atom stereocenters. The number of hydrogen-bond acceptors (Lipinski definition) is 4. The van der Waals surface area contributed by atoms with Gasteiger partial charge in [0.05, 0.1) is 12.1 Å². The molecule has 1 aliphatic rings. The van der Waals surface area contributed by atoms with Crippen LogP contribution in [0.15, 0.2) is 12.2 Å².